The Morgan fingerprint density at radius 2 is 1.92 bits per heavy atom. The molecule has 3 N–H and O–H groups in total. The van der Waals surface area contributed by atoms with Gasteiger partial charge in [-0.3, -0.25) is 0 Å². The van der Waals surface area contributed by atoms with Gasteiger partial charge in [-0.2, -0.15) is 0 Å². The largest absolute Gasteiger partial charge is 0.493 e. The number of methoxy groups -OCH3 is 2. The van der Waals surface area contributed by atoms with Crippen molar-refractivity contribution in [3.05, 3.63) is 23.8 Å². The lowest BCUT2D eigenvalue weighted by Crippen LogP contribution is -2.39. The van der Waals surface area contributed by atoms with E-state index >= 15 is 0 Å². The summed E-state index contributed by atoms with van der Waals surface area (Å²) >= 11 is 0. The van der Waals surface area contributed by atoms with Crippen LogP contribution >= 0.6 is 24.0 Å². The highest BCUT2D eigenvalue weighted by molar-refractivity contribution is 14.0. The minimum Gasteiger partial charge on any atom is -0.493 e. The van der Waals surface area contributed by atoms with Crippen molar-refractivity contribution in [2.75, 3.05) is 48.0 Å². The number of aliphatic imine (C=N–C) groups is 1. The van der Waals surface area contributed by atoms with Gasteiger partial charge in [0.2, 0.25) is 0 Å². The van der Waals surface area contributed by atoms with Crippen LogP contribution in [0.5, 0.6) is 11.5 Å². The maximum absolute atomic E-state index is 5.97. The molecule has 0 aliphatic heterocycles. The molecule has 26 heavy (non-hydrogen) atoms. The summed E-state index contributed by atoms with van der Waals surface area (Å²) in [7, 11) is 7.33. The second-order valence-electron chi connectivity index (χ2n) is 5.94. The molecule has 0 bridgehead atoms. The standard InChI is InChI=1S/C18H32N4O3.HI/c1-6-25-15(9-10-22(2)3)13-21-18(19)20-12-14-7-8-16(23-4)17(11-14)24-5;/h7-8,11,15H,6,9-10,12-13H2,1-5H3,(H3,19,20,21);1H. The van der Waals surface area contributed by atoms with Crippen molar-refractivity contribution in [1.82, 2.24) is 10.2 Å². The van der Waals surface area contributed by atoms with Gasteiger partial charge in [-0.15, -0.1) is 24.0 Å². The van der Waals surface area contributed by atoms with E-state index in [-0.39, 0.29) is 30.1 Å². The Bertz CT molecular complexity index is 541. The quantitative estimate of drug-likeness (QED) is 0.287. The van der Waals surface area contributed by atoms with E-state index in [1.165, 1.54) is 0 Å². The van der Waals surface area contributed by atoms with Gasteiger partial charge in [0, 0.05) is 19.7 Å². The number of halogens is 1. The lowest BCUT2D eigenvalue weighted by Gasteiger charge is -2.20. The van der Waals surface area contributed by atoms with Crippen LogP contribution in [0.4, 0.5) is 0 Å². The zero-order valence-electron chi connectivity index (χ0n) is 16.4. The number of guanidine groups is 1. The number of nitrogens with zero attached hydrogens (tertiary/aromatic N) is 2. The van der Waals surface area contributed by atoms with E-state index in [0.29, 0.717) is 37.2 Å². The van der Waals surface area contributed by atoms with Gasteiger partial charge in [-0.1, -0.05) is 6.07 Å². The predicted octanol–water partition coefficient (Wildman–Crippen LogP) is 2.08. The highest BCUT2D eigenvalue weighted by atomic mass is 127. The summed E-state index contributed by atoms with van der Waals surface area (Å²) in [4.78, 5) is 6.51. The fraction of sp³-hybridized carbons (Fsp3) is 0.611. The van der Waals surface area contributed by atoms with Gasteiger partial charge < -0.3 is 30.2 Å². The third-order valence-corrected chi connectivity index (χ3v) is 3.69. The summed E-state index contributed by atoms with van der Waals surface area (Å²) in [6, 6.07) is 5.70. The molecule has 0 aliphatic rings. The topological polar surface area (TPSA) is 81.3 Å². The van der Waals surface area contributed by atoms with Crippen molar-refractivity contribution in [2.45, 2.75) is 26.0 Å². The van der Waals surface area contributed by atoms with Crippen molar-refractivity contribution in [2.24, 2.45) is 10.7 Å². The van der Waals surface area contributed by atoms with Gasteiger partial charge in [0.1, 0.15) is 0 Å². The van der Waals surface area contributed by atoms with Crippen LogP contribution < -0.4 is 20.5 Å². The van der Waals surface area contributed by atoms with Crippen molar-refractivity contribution in [3.8, 4) is 11.5 Å². The molecular weight excluding hydrogens is 447 g/mol. The normalized spacial score (nSPS) is 12.5. The second-order valence-corrected chi connectivity index (χ2v) is 5.94. The minimum atomic E-state index is 0. The predicted molar refractivity (Wildman–Crippen MR) is 117 cm³/mol. The van der Waals surface area contributed by atoms with Crippen molar-refractivity contribution >= 4 is 29.9 Å². The molecule has 0 aromatic heterocycles. The number of hydrogen-bond donors (Lipinski definition) is 2. The van der Waals surface area contributed by atoms with Crippen LogP contribution in [0.2, 0.25) is 0 Å². The van der Waals surface area contributed by atoms with Gasteiger partial charge in [0.25, 0.3) is 0 Å². The van der Waals surface area contributed by atoms with Gasteiger partial charge in [-0.25, -0.2) is 4.99 Å². The number of benzene rings is 1. The molecule has 8 heteroatoms. The maximum Gasteiger partial charge on any atom is 0.189 e. The lowest BCUT2D eigenvalue weighted by molar-refractivity contribution is 0.0549. The van der Waals surface area contributed by atoms with Crippen LogP contribution in [-0.4, -0.2) is 65.0 Å². The van der Waals surface area contributed by atoms with Crippen molar-refractivity contribution < 1.29 is 14.2 Å². The molecule has 0 heterocycles. The molecule has 1 aromatic carbocycles. The molecule has 0 saturated heterocycles. The maximum atomic E-state index is 5.97. The zero-order valence-corrected chi connectivity index (χ0v) is 18.8. The number of rotatable bonds is 11. The van der Waals surface area contributed by atoms with Gasteiger partial charge >= 0.3 is 0 Å². The summed E-state index contributed by atoms with van der Waals surface area (Å²) in [5.41, 5.74) is 6.96. The Hall–Kier alpha value is -1.26. The molecular formula is C18H33IN4O3. The second kappa shape index (κ2) is 13.9. The fourth-order valence-corrected chi connectivity index (χ4v) is 2.31. The number of ether oxygens (including phenoxy) is 3. The van der Waals surface area contributed by atoms with E-state index < -0.39 is 0 Å². The highest BCUT2D eigenvalue weighted by Crippen LogP contribution is 2.27. The zero-order chi connectivity index (χ0) is 18.7. The van der Waals surface area contributed by atoms with E-state index in [9.17, 15) is 0 Å². The molecule has 1 unspecified atom stereocenters. The van der Waals surface area contributed by atoms with Crippen LogP contribution in [0.3, 0.4) is 0 Å². The van der Waals surface area contributed by atoms with E-state index in [0.717, 1.165) is 18.5 Å². The fourth-order valence-electron chi connectivity index (χ4n) is 2.31. The third-order valence-electron chi connectivity index (χ3n) is 3.69. The van der Waals surface area contributed by atoms with Crippen LogP contribution in [0.15, 0.2) is 23.2 Å². The Kier molecular flexibility index (Phi) is 13.2. The van der Waals surface area contributed by atoms with Crippen LogP contribution in [0.1, 0.15) is 18.9 Å². The van der Waals surface area contributed by atoms with Gasteiger partial charge in [0.15, 0.2) is 17.5 Å². The molecule has 0 saturated carbocycles. The lowest BCUT2D eigenvalue weighted by atomic mass is 10.2. The van der Waals surface area contributed by atoms with E-state index in [4.69, 9.17) is 19.9 Å². The van der Waals surface area contributed by atoms with Gasteiger partial charge in [-0.05, 0) is 45.1 Å². The molecule has 0 amide bonds. The molecule has 1 aromatic rings. The van der Waals surface area contributed by atoms with E-state index in [1.54, 1.807) is 14.2 Å². The van der Waals surface area contributed by atoms with Crippen LogP contribution in [0, 0.1) is 0 Å². The molecule has 0 radical (unpaired) electrons. The molecule has 0 aliphatic carbocycles. The summed E-state index contributed by atoms with van der Waals surface area (Å²) in [5.74, 6) is 1.79. The van der Waals surface area contributed by atoms with Crippen LogP contribution in [0.25, 0.3) is 0 Å². The molecule has 0 fully saturated rings. The summed E-state index contributed by atoms with van der Waals surface area (Å²) in [6.45, 7) is 4.76. The number of nitrogens with two attached hydrogens (primary N) is 1. The smallest absolute Gasteiger partial charge is 0.189 e. The van der Waals surface area contributed by atoms with Crippen molar-refractivity contribution in [3.63, 3.8) is 0 Å². The monoisotopic (exact) mass is 480 g/mol. The number of hydrogen-bond acceptors (Lipinski definition) is 5. The first-order valence-electron chi connectivity index (χ1n) is 8.51. The molecule has 150 valence electrons. The first-order valence-corrected chi connectivity index (χ1v) is 8.51. The van der Waals surface area contributed by atoms with E-state index in [2.05, 4.69) is 29.3 Å². The Morgan fingerprint density at radius 1 is 1.23 bits per heavy atom. The molecule has 1 atom stereocenters. The Labute approximate surface area is 174 Å². The minimum absolute atomic E-state index is 0. The summed E-state index contributed by atoms with van der Waals surface area (Å²) < 4.78 is 16.3. The van der Waals surface area contributed by atoms with Gasteiger partial charge in [0.05, 0.1) is 26.9 Å². The molecule has 7 nitrogen and oxygen atoms in total. The molecule has 0 spiro atoms. The number of nitrogens with one attached hydrogen (secondary N) is 1. The first-order chi connectivity index (χ1) is 12.0. The van der Waals surface area contributed by atoms with E-state index in [1.807, 2.05) is 25.1 Å². The highest BCUT2D eigenvalue weighted by Gasteiger charge is 2.09. The first kappa shape index (κ1) is 24.7. The van der Waals surface area contributed by atoms with Crippen LogP contribution in [-0.2, 0) is 11.3 Å². The van der Waals surface area contributed by atoms with Crippen molar-refractivity contribution in [1.29, 1.82) is 0 Å². The molecule has 1 rings (SSSR count). The summed E-state index contributed by atoms with van der Waals surface area (Å²) in [5, 5.41) is 3.14. The SMILES string of the molecule is CCOC(CCN(C)C)CNC(N)=NCc1ccc(OC)c(OC)c1.I. The Morgan fingerprint density at radius 3 is 2.50 bits per heavy atom. The average Bonchev–Trinajstić information content (AvgIpc) is 2.61. The Balaban J connectivity index is 0.00000625. The average molecular weight is 480 g/mol. The summed E-state index contributed by atoms with van der Waals surface area (Å²) in [6.07, 6.45) is 1.05. The third kappa shape index (κ3) is 9.44.